The van der Waals surface area contributed by atoms with E-state index in [9.17, 15) is 14.7 Å². The molecular weight excluding hydrogens is 346 g/mol. The Balaban J connectivity index is 2.29. The second kappa shape index (κ2) is 6.53. The summed E-state index contributed by atoms with van der Waals surface area (Å²) in [7, 11) is 0. The van der Waals surface area contributed by atoms with E-state index in [2.05, 4.69) is 15.4 Å². The van der Waals surface area contributed by atoms with Gasteiger partial charge < -0.3 is 10.4 Å². The minimum Gasteiger partial charge on any atom is -0.478 e. The summed E-state index contributed by atoms with van der Waals surface area (Å²) in [6.07, 6.45) is 1.60. The molecule has 8 nitrogen and oxygen atoms in total. The van der Waals surface area contributed by atoms with Gasteiger partial charge in [0.05, 0.1) is 16.8 Å². The third-order valence-corrected chi connectivity index (χ3v) is 3.97. The minimum absolute atomic E-state index is 0.0804. The zero-order valence-corrected chi connectivity index (χ0v) is 16.0. The van der Waals surface area contributed by atoms with Gasteiger partial charge in [0.2, 0.25) is 5.65 Å². The highest BCUT2D eigenvalue weighted by atomic mass is 16.4. The van der Waals surface area contributed by atoms with E-state index in [1.54, 1.807) is 18.3 Å². The van der Waals surface area contributed by atoms with Crippen molar-refractivity contribution in [3.8, 4) is 11.3 Å². The molecule has 2 aromatic heterocycles. The molecule has 0 saturated carbocycles. The van der Waals surface area contributed by atoms with Crippen molar-refractivity contribution < 1.29 is 9.90 Å². The molecule has 0 aliphatic heterocycles. The highest BCUT2D eigenvalue weighted by molar-refractivity contribution is 5.89. The molecule has 8 heteroatoms. The van der Waals surface area contributed by atoms with Crippen molar-refractivity contribution in [1.29, 1.82) is 0 Å². The molecule has 3 aromatic rings. The molecular formula is C19H23N5O3. The van der Waals surface area contributed by atoms with Gasteiger partial charge in [-0.05, 0) is 46.8 Å². The number of fused-ring (bicyclic) bond motifs is 1. The van der Waals surface area contributed by atoms with Gasteiger partial charge in [-0.2, -0.15) is 0 Å². The predicted molar refractivity (Wildman–Crippen MR) is 103 cm³/mol. The summed E-state index contributed by atoms with van der Waals surface area (Å²) in [4.78, 5) is 28.8. The number of carboxylic acid groups (broad SMARTS) is 1. The SMILES string of the molecule is CC(C)Nc1nc(-c2cccc(C(=O)O)c2)cn2c(=O)n(C(C)(C)C)nc12. The normalized spacial score (nSPS) is 11.9. The average Bonchev–Trinajstić information content (AvgIpc) is 2.92. The van der Waals surface area contributed by atoms with Crippen LogP contribution in [0.1, 0.15) is 45.0 Å². The molecule has 0 atom stereocenters. The average molecular weight is 369 g/mol. The van der Waals surface area contributed by atoms with Gasteiger partial charge in [0, 0.05) is 17.8 Å². The maximum atomic E-state index is 12.9. The highest BCUT2D eigenvalue weighted by Crippen LogP contribution is 2.23. The van der Waals surface area contributed by atoms with Crippen LogP contribution in [0.25, 0.3) is 16.9 Å². The predicted octanol–water partition coefficient (Wildman–Crippen LogP) is 2.83. The summed E-state index contributed by atoms with van der Waals surface area (Å²) in [5.41, 5.74) is 0.930. The van der Waals surface area contributed by atoms with Gasteiger partial charge in [-0.3, -0.25) is 0 Å². The maximum absolute atomic E-state index is 12.9. The summed E-state index contributed by atoms with van der Waals surface area (Å²) in [6, 6.07) is 6.55. The minimum atomic E-state index is -1.02. The smallest absolute Gasteiger partial charge is 0.351 e. The standard InChI is InChI=1S/C19H23N5O3/c1-11(2)20-15-16-22-24(19(3,4)5)18(27)23(16)10-14(21-15)12-7-6-8-13(9-12)17(25)26/h6-11H,1-5H3,(H,20,21)(H,25,26). The second-order valence-corrected chi connectivity index (χ2v) is 7.72. The van der Waals surface area contributed by atoms with Crippen LogP contribution in [0.4, 0.5) is 5.82 Å². The first kappa shape index (κ1) is 18.6. The number of anilines is 1. The van der Waals surface area contributed by atoms with Crippen molar-refractivity contribution in [2.45, 2.75) is 46.2 Å². The number of rotatable bonds is 4. The lowest BCUT2D eigenvalue weighted by atomic mass is 10.1. The van der Waals surface area contributed by atoms with Crippen LogP contribution in [0.2, 0.25) is 0 Å². The van der Waals surface area contributed by atoms with E-state index in [-0.39, 0.29) is 17.3 Å². The molecule has 2 N–H and O–H groups in total. The third-order valence-electron chi connectivity index (χ3n) is 3.97. The number of aromatic nitrogens is 4. The second-order valence-electron chi connectivity index (χ2n) is 7.72. The molecule has 142 valence electrons. The van der Waals surface area contributed by atoms with Gasteiger partial charge in [-0.25, -0.2) is 23.7 Å². The van der Waals surface area contributed by atoms with E-state index in [0.717, 1.165) is 0 Å². The largest absolute Gasteiger partial charge is 0.478 e. The molecule has 1 aromatic carbocycles. The monoisotopic (exact) mass is 369 g/mol. The molecule has 0 radical (unpaired) electrons. The van der Waals surface area contributed by atoms with Crippen molar-refractivity contribution in [3.05, 3.63) is 46.5 Å². The molecule has 0 aliphatic rings. The molecule has 0 fully saturated rings. The van der Waals surface area contributed by atoms with Crippen LogP contribution in [0.3, 0.4) is 0 Å². The van der Waals surface area contributed by atoms with E-state index in [4.69, 9.17) is 0 Å². The summed E-state index contributed by atoms with van der Waals surface area (Å²) < 4.78 is 2.87. The van der Waals surface area contributed by atoms with Crippen LogP contribution in [0.15, 0.2) is 35.3 Å². The molecule has 0 aliphatic carbocycles. The van der Waals surface area contributed by atoms with Gasteiger partial charge in [-0.15, -0.1) is 5.10 Å². The Bertz CT molecular complexity index is 1070. The van der Waals surface area contributed by atoms with Crippen LogP contribution in [0, 0.1) is 0 Å². The lowest BCUT2D eigenvalue weighted by molar-refractivity contribution is 0.0697. The third kappa shape index (κ3) is 3.55. The highest BCUT2D eigenvalue weighted by Gasteiger charge is 2.22. The molecule has 3 rings (SSSR count). The van der Waals surface area contributed by atoms with Gasteiger partial charge in [-0.1, -0.05) is 12.1 Å². The number of benzene rings is 1. The molecule has 0 unspecified atom stereocenters. The lowest BCUT2D eigenvalue weighted by Gasteiger charge is -2.16. The molecule has 27 heavy (non-hydrogen) atoms. The van der Waals surface area contributed by atoms with Crippen LogP contribution < -0.4 is 11.0 Å². The Morgan fingerprint density at radius 2 is 1.96 bits per heavy atom. The molecule has 0 spiro atoms. The van der Waals surface area contributed by atoms with Crippen molar-refractivity contribution in [2.75, 3.05) is 5.32 Å². The topological polar surface area (TPSA) is 102 Å². The number of nitrogens with zero attached hydrogens (tertiary/aromatic N) is 4. The first-order chi connectivity index (χ1) is 12.6. The number of aromatic carboxylic acids is 1. The summed E-state index contributed by atoms with van der Waals surface area (Å²) in [5, 5.41) is 16.9. The first-order valence-corrected chi connectivity index (χ1v) is 8.71. The van der Waals surface area contributed by atoms with Gasteiger partial charge >= 0.3 is 11.7 Å². The lowest BCUT2D eigenvalue weighted by Crippen LogP contribution is -2.34. The number of hydrogen-bond donors (Lipinski definition) is 2. The summed E-state index contributed by atoms with van der Waals surface area (Å²) in [6.45, 7) is 9.65. The molecule has 0 saturated heterocycles. The van der Waals surface area contributed by atoms with Crippen molar-refractivity contribution in [3.63, 3.8) is 0 Å². The zero-order chi connectivity index (χ0) is 19.9. The fraction of sp³-hybridized carbons (Fsp3) is 0.368. The quantitative estimate of drug-likeness (QED) is 0.733. The Kier molecular flexibility index (Phi) is 4.51. The first-order valence-electron chi connectivity index (χ1n) is 8.71. The van der Waals surface area contributed by atoms with Crippen molar-refractivity contribution in [1.82, 2.24) is 19.2 Å². The fourth-order valence-electron chi connectivity index (χ4n) is 2.74. The molecule has 0 amide bonds. The maximum Gasteiger partial charge on any atom is 0.351 e. The molecule has 0 bridgehead atoms. The Labute approximate surface area is 156 Å². The van der Waals surface area contributed by atoms with E-state index in [1.807, 2.05) is 34.6 Å². The van der Waals surface area contributed by atoms with Crippen LogP contribution in [-0.2, 0) is 5.54 Å². The van der Waals surface area contributed by atoms with E-state index in [1.165, 1.54) is 21.2 Å². The number of carboxylic acids is 1. The zero-order valence-electron chi connectivity index (χ0n) is 16.0. The van der Waals surface area contributed by atoms with Crippen LogP contribution >= 0.6 is 0 Å². The van der Waals surface area contributed by atoms with Gasteiger partial charge in [0.25, 0.3) is 0 Å². The molecule has 2 heterocycles. The Hall–Kier alpha value is -3.16. The van der Waals surface area contributed by atoms with Gasteiger partial charge in [0.1, 0.15) is 0 Å². The Morgan fingerprint density at radius 1 is 1.26 bits per heavy atom. The van der Waals surface area contributed by atoms with Gasteiger partial charge in [0.15, 0.2) is 5.82 Å². The Morgan fingerprint density at radius 3 is 2.56 bits per heavy atom. The van der Waals surface area contributed by atoms with E-state index in [0.29, 0.717) is 22.7 Å². The number of nitrogens with one attached hydrogen (secondary N) is 1. The van der Waals surface area contributed by atoms with Crippen LogP contribution in [0.5, 0.6) is 0 Å². The number of hydrogen-bond acceptors (Lipinski definition) is 5. The fourth-order valence-corrected chi connectivity index (χ4v) is 2.74. The van der Waals surface area contributed by atoms with E-state index < -0.39 is 11.5 Å². The van der Waals surface area contributed by atoms with Crippen molar-refractivity contribution in [2.24, 2.45) is 0 Å². The summed E-state index contributed by atoms with van der Waals surface area (Å²) in [5.74, 6) is -0.542. The van der Waals surface area contributed by atoms with Crippen molar-refractivity contribution >= 4 is 17.4 Å². The van der Waals surface area contributed by atoms with E-state index >= 15 is 0 Å². The summed E-state index contributed by atoms with van der Waals surface area (Å²) >= 11 is 0. The number of carbonyl (C=O) groups is 1. The van der Waals surface area contributed by atoms with Crippen LogP contribution in [-0.4, -0.2) is 36.3 Å².